The normalized spacial score (nSPS) is 11.9. The van der Waals surface area contributed by atoms with Gasteiger partial charge in [-0.1, -0.05) is 67.1 Å². The van der Waals surface area contributed by atoms with Crippen LogP contribution in [0.1, 0.15) is 31.4 Å². The highest BCUT2D eigenvalue weighted by atomic mass is 32.2. The van der Waals surface area contributed by atoms with Gasteiger partial charge in [0.25, 0.3) is 10.0 Å². The van der Waals surface area contributed by atoms with Gasteiger partial charge in [0.05, 0.1) is 17.7 Å². The van der Waals surface area contributed by atoms with Gasteiger partial charge in [-0.05, 0) is 56.5 Å². The number of para-hydroxylation sites is 2. The number of methoxy groups -OCH3 is 1. The van der Waals surface area contributed by atoms with Gasteiger partial charge >= 0.3 is 0 Å². The smallest absolute Gasteiger partial charge is 0.264 e. The Balaban J connectivity index is 2.00. The molecule has 0 saturated heterocycles. The van der Waals surface area contributed by atoms with Crippen LogP contribution in [-0.4, -0.2) is 57.9 Å². The van der Waals surface area contributed by atoms with E-state index in [4.69, 9.17) is 4.74 Å². The topological polar surface area (TPSA) is 96.0 Å². The maximum atomic E-state index is 13.9. The number of nitrogens with zero attached hydrogens (tertiary/aromatic N) is 2. The number of anilines is 1. The van der Waals surface area contributed by atoms with E-state index >= 15 is 0 Å². The summed E-state index contributed by atoms with van der Waals surface area (Å²) in [4.78, 5) is 28.3. The number of benzene rings is 3. The molecule has 0 spiro atoms. The molecule has 0 heterocycles. The Bertz CT molecular complexity index is 1340. The maximum Gasteiger partial charge on any atom is 0.264 e. The first-order valence-corrected chi connectivity index (χ1v) is 14.5. The highest BCUT2D eigenvalue weighted by Gasteiger charge is 2.33. The summed E-state index contributed by atoms with van der Waals surface area (Å²) in [5.74, 6) is -0.472. The van der Waals surface area contributed by atoms with E-state index in [0.29, 0.717) is 18.7 Å². The zero-order valence-corrected chi connectivity index (χ0v) is 23.8. The van der Waals surface area contributed by atoms with Crippen molar-refractivity contribution in [3.8, 4) is 5.75 Å². The Hall–Kier alpha value is -3.85. The van der Waals surface area contributed by atoms with Crippen LogP contribution in [0, 0.1) is 6.92 Å². The van der Waals surface area contributed by atoms with Crippen LogP contribution in [0.25, 0.3) is 0 Å². The van der Waals surface area contributed by atoms with Gasteiger partial charge in [0.2, 0.25) is 11.8 Å². The second-order valence-electron chi connectivity index (χ2n) is 9.29. The quantitative estimate of drug-likeness (QED) is 0.344. The van der Waals surface area contributed by atoms with Crippen LogP contribution in [0.5, 0.6) is 5.75 Å². The lowest BCUT2D eigenvalue weighted by Crippen LogP contribution is -2.52. The molecule has 9 heteroatoms. The van der Waals surface area contributed by atoms with Crippen molar-refractivity contribution in [2.75, 3.05) is 31.0 Å². The minimum atomic E-state index is -4.15. The molecule has 0 aliphatic heterocycles. The predicted molar refractivity (Wildman–Crippen MR) is 153 cm³/mol. The Morgan fingerprint density at radius 3 is 2.23 bits per heavy atom. The highest BCUT2D eigenvalue weighted by Crippen LogP contribution is 2.32. The van der Waals surface area contributed by atoms with Crippen molar-refractivity contribution in [2.45, 2.75) is 44.6 Å². The molecule has 0 radical (unpaired) electrons. The summed E-state index contributed by atoms with van der Waals surface area (Å²) in [6, 6.07) is 22.0. The van der Waals surface area contributed by atoms with Crippen LogP contribution in [0.15, 0.2) is 83.8 Å². The Morgan fingerprint density at radius 1 is 0.949 bits per heavy atom. The molecular weight excluding hydrogens is 514 g/mol. The third kappa shape index (κ3) is 7.60. The van der Waals surface area contributed by atoms with Crippen LogP contribution in [0.4, 0.5) is 5.69 Å². The molecule has 0 saturated carbocycles. The largest absolute Gasteiger partial charge is 0.495 e. The van der Waals surface area contributed by atoms with E-state index < -0.39 is 28.5 Å². The lowest BCUT2D eigenvalue weighted by Gasteiger charge is -2.32. The molecule has 0 aliphatic rings. The fraction of sp³-hybridized carbons (Fsp3) is 0.333. The van der Waals surface area contributed by atoms with E-state index in [1.807, 2.05) is 44.2 Å². The van der Waals surface area contributed by atoms with Gasteiger partial charge < -0.3 is 15.0 Å². The molecule has 8 nitrogen and oxygen atoms in total. The minimum absolute atomic E-state index is 0.0522. The van der Waals surface area contributed by atoms with Crippen molar-refractivity contribution in [1.29, 1.82) is 0 Å². The van der Waals surface area contributed by atoms with Crippen LogP contribution in [0.3, 0.4) is 0 Å². The van der Waals surface area contributed by atoms with Crippen LogP contribution >= 0.6 is 0 Å². The molecule has 1 N–H and O–H groups in total. The summed E-state index contributed by atoms with van der Waals surface area (Å²) in [5.41, 5.74) is 2.15. The zero-order chi connectivity index (χ0) is 28.4. The molecule has 0 fully saturated rings. The lowest BCUT2D eigenvalue weighted by molar-refractivity contribution is -0.138. The number of rotatable bonds is 13. The minimum Gasteiger partial charge on any atom is -0.495 e. The summed E-state index contributed by atoms with van der Waals surface area (Å²) in [5, 5.41) is 2.85. The molecule has 39 heavy (non-hydrogen) atoms. The van der Waals surface area contributed by atoms with Gasteiger partial charge in [-0.2, -0.15) is 0 Å². The fourth-order valence-corrected chi connectivity index (χ4v) is 5.58. The molecule has 0 bridgehead atoms. The molecule has 3 rings (SSSR count). The van der Waals surface area contributed by atoms with Crippen molar-refractivity contribution < 1.29 is 22.7 Å². The first-order chi connectivity index (χ1) is 18.7. The summed E-state index contributed by atoms with van der Waals surface area (Å²) < 4.78 is 34.3. The third-order valence-corrected chi connectivity index (χ3v) is 8.22. The lowest BCUT2D eigenvalue weighted by atomic mass is 10.1. The SMILES string of the molecule is CCCNC(=O)C(C)N(CCc1ccccc1)C(=O)CN(c1ccccc1OC)S(=O)(=O)c1ccc(C)cc1. The van der Waals surface area contributed by atoms with E-state index in [0.717, 1.165) is 21.9 Å². The molecule has 1 atom stereocenters. The van der Waals surface area contributed by atoms with Crippen molar-refractivity contribution >= 4 is 27.5 Å². The molecule has 0 aromatic heterocycles. The van der Waals surface area contributed by atoms with Gasteiger partial charge in [-0.25, -0.2) is 8.42 Å². The molecule has 3 aromatic carbocycles. The summed E-state index contributed by atoms with van der Waals surface area (Å²) in [7, 11) is -2.71. The summed E-state index contributed by atoms with van der Waals surface area (Å²) >= 11 is 0. The van der Waals surface area contributed by atoms with Crippen molar-refractivity contribution in [3.05, 3.63) is 90.0 Å². The standard InChI is InChI=1S/C30H37N3O5S/c1-5-20-31-30(35)24(3)32(21-19-25-11-7-6-8-12-25)29(34)22-33(27-13-9-10-14-28(27)38-4)39(36,37)26-17-15-23(2)16-18-26/h6-18,24H,5,19-22H2,1-4H3,(H,31,35). The average Bonchev–Trinajstić information content (AvgIpc) is 2.95. The number of sulfonamides is 1. The Morgan fingerprint density at radius 2 is 1.59 bits per heavy atom. The maximum absolute atomic E-state index is 13.9. The van der Waals surface area contributed by atoms with Gasteiger partial charge in [0, 0.05) is 13.1 Å². The van der Waals surface area contributed by atoms with Crippen LogP contribution in [0.2, 0.25) is 0 Å². The molecule has 1 unspecified atom stereocenters. The zero-order valence-electron chi connectivity index (χ0n) is 23.0. The van der Waals surface area contributed by atoms with E-state index in [1.54, 1.807) is 43.3 Å². The van der Waals surface area contributed by atoms with Crippen LogP contribution in [-0.2, 0) is 26.0 Å². The van der Waals surface area contributed by atoms with Gasteiger partial charge in [-0.3, -0.25) is 13.9 Å². The number of nitrogens with one attached hydrogen (secondary N) is 1. The van der Waals surface area contributed by atoms with Crippen molar-refractivity contribution in [2.24, 2.45) is 0 Å². The second kappa shape index (κ2) is 13.8. The van der Waals surface area contributed by atoms with E-state index in [-0.39, 0.29) is 23.0 Å². The molecule has 0 aliphatic carbocycles. The number of hydrogen-bond acceptors (Lipinski definition) is 5. The third-order valence-electron chi connectivity index (χ3n) is 6.44. The average molecular weight is 552 g/mol. The first-order valence-electron chi connectivity index (χ1n) is 13.0. The molecular formula is C30H37N3O5S. The first kappa shape index (κ1) is 29.7. The van der Waals surface area contributed by atoms with Gasteiger partial charge in [-0.15, -0.1) is 0 Å². The molecule has 3 aromatic rings. The Labute approximate surface area is 231 Å². The number of aryl methyl sites for hydroxylation is 1. The number of amides is 2. The molecule has 2 amide bonds. The van der Waals surface area contributed by atoms with E-state index in [1.165, 1.54) is 24.1 Å². The highest BCUT2D eigenvalue weighted by molar-refractivity contribution is 7.92. The van der Waals surface area contributed by atoms with Crippen molar-refractivity contribution in [1.82, 2.24) is 10.2 Å². The number of ether oxygens (including phenoxy) is 1. The van der Waals surface area contributed by atoms with Crippen LogP contribution < -0.4 is 14.4 Å². The summed E-state index contributed by atoms with van der Waals surface area (Å²) in [6.45, 7) is 5.71. The second-order valence-corrected chi connectivity index (χ2v) is 11.1. The number of carbonyl (C=O) groups excluding carboxylic acids is 2. The molecule has 208 valence electrons. The van der Waals surface area contributed by atoms with Crippen molar-refractivity contribution in [3.63, 3.8) is 0 Å². The fourth-order valence-electron chi connectivity index (χ4n) is 4.15. The van der Waals surface area contributed by atoms with Gasteiger partial charge in [0.1, 0.15) is 18.3 Å². The number of carbonyl (C=O) groups is 2. The Kier molecular flexibility index (Phi) is 10.5. The predicted octanol–water partition coefficient (Wildman–Crippen LogP) is 4.18. The van der Waals surface area contributed by atoms with E-state index in [9.17, 15) is 18.0 Å². The van der Waals surface area contributed by atoms with Gasteiger partial charge in [0.15, 0.2) is 0 Å². The number of hydrogen-bond donors (Lipinski definition) is 1. The summed E-state index contributed by atoms with van der Waals surface area (Å²) in [6.07, 6.45) is 1.27. The van der Waals surface area contributed by atoms with E-state index in [2.05, 4.69) is 5.32 Å². The monoisotopic (exact) mass is 551 g/mol.